The van der Waals surface area contributed by atoms with Crippen LogP contribution < -0.4 is 0 Å². The van der Waals surface area contributed by atoms with Gasteiger partial charge < -0.3 is 14.6 Å². The first-order valence-electron chi connectivity index (χ1n) is 6.82. The first-order valence-corrected chi connectivity index (χ1v) is 6.82. The van der Waals surface area contributed by atoms with Crippen LogP contribution in [0.15, 0.2) is 30.3 Å². The van der Waals surface area contributed by atoms with E-state index >= 15 is 0 Å². The van der Waals surface area contributed by atoms with Gasteiger partial charge in [-0.1, -0.05) is 30.3 Å². The molecule has 0 saturated heterocycles. The van der Waals surface area contributed by atoms with Crippen LogP contribution in [0.4, 0.5) is 0 Å². The molecule has 0 spiro atoms. The molecule has 0 saturated carbocycles. The van der Waals surface area contributed by atoms with E-state index in [9.17, 15) is 5.11 Å². The normalized spacial score (nSPS) is 16.9. The molecule has 108 valence electrons. The summed E-state index contributed by atoms with van der Waals surface area (Å²) in [7, 11) is 0. The second-order valence-electron chi connectivity index (χ2n) is 5.95. The van der Waals surface area contributed by atoms with Crippen LogP contribution in [-0.2, 0) is 9.47 Å². The van der Waals surface area contributed by atoms with E-state index in [-0.39, 0.29) is 17.8 Å². The molecule has 1 aromatic rings. The van der Waals surface area contributed by atoms with Gasteiger partial charge in [0.1, 0.15) is 6.10 Å². The number of hydrogen-bond donors (Lipinski definition) is 1. The summed E-state index contributed by atoms with van der Waals surface area (Å²) in [6, 6.07) is 10.1. The first-order chi connectivity index (χ1) is 8.79. The van der Waals surface area contributed by atoms with E-state index in [1.165, 1.54) is 0 Å². The second-order valence-corrected chi connectivity index (χ2v) is 5.95. The largest absolute Gasteiger partial charge is 0.391 e. The van der Waals surface area contributed by atoms with E-state index in [0.717, 1.165) is 5.56 Å². The van der Waals surface area contributed by atoms with Gasteiger partial charge in [0.15, 0.2) is 0 Å². The van der Waals surface area contributed by atoms with Crippen LogP contribution in [0.1, 0.15) is 46.3 Å². The Morgan fingerprint density at radius 2 is 1.68 bits per heavy atom. The quantitative estimate of drug-likeness (QED) is 0.858. The van der Waals surface area contributed by atoms with E-state index in [4.69, 9.17) is 9.47 Å². The van der Waals surface area contributed by atoms with Crippen LogP contribution in [0, 0.1) is 0 Å². The van der Waals surface area contributed by atoms with Gasteiger partial charge in [-0.15, -0.1) is 0 Å². The summed E-state index contributed by atoms with van der Waals surface area (Å²) in [5.41, 5.74) is 0.846. The molecule has 0 fully saturated rings. The molecule has 0 amide bonds. The van der Waals surface area contributed by atoms with E-state index in [2.05, 4.69) is 0 Å². The van der Waals surface area contributed by atoms with Crippen molar-refractivity contribution in [1.29, 1.82) is 0 Å². The fraction of sp³-hybridized carbons (Fsp3) is 0.625. The van der Waals surface area contributed by atoms with Gasteiger partial charge in [-0.05, 0) is 40.2 Å². The lowest BCUT2D eigenvalue weighted by atomic mass is 10.0. The third kappa shape index (κ3) is 6.19. The van der Waals surface area contributed by atoms with Gasteiger partial charge >= 0.3 is 0 Å². The summed E-state index contributed by atoms with van der Waals surface area (Å²) in [6.07, 6.45) is -0.718. The summed E-state index contributed by atoms with van der Waals surface area (Å²) in [5.74, 6) is 0. The molecule has 3 heteroatoms. The molecular weight excluding hydrogens is 240 g/mol. The molecule has 1 aromatic carbocycles. The van der Waals surface area contributed by atoms with E-state index < -0.39 is 6.10 Å². The standard InChI is InChI=1S/C16H26O3/c1-12(17)11-18-13(2)15(19-16(3,4)5)14-9-7-6-8-10-14/h6-10,12-13,15,17H,11H2,1-5H3. The van der Waals surface area contributed by atoms with Crippen LogP contribution in [0.5, 0.6) is 0 Å². The van der Waals surface area contributed by atoms with E-state index in [1.807, 2.05) is 58.0 Å². The Hall–Kier alpha value is -0.900. The fourth-order valence-corrected chi connectivity index (χ4v) is 1.84. The lowest BCUT2D eigenvalue weighted by molar-refractivity contribution is -0.134. The SMILES string of the molecule is CC(O)COC(C)C(OC(C)(C)C)c1ccccc1. The molecule has 3 nitrogen and oxygen atoms in total. The average molecular weight is 266 g/mol. The molecule has 0 aromatic heterocycles. The van der Waals surface area contributed by atoms with Crippen LogP contribution in [0.25, 0.3) is 0 Å². The number of benzene rings is 1. The zero-order valence-electron chi connectivity index (χ0n) is 12.6. The molecule has 0 aliphatic carbocycles. The minimum Gasteiger partial charge on any atom is -0.391 e. The molecule has 3 atom stereocenters. The van der Waals surface area contributed by atoms with Gasteiger partial charge in [0, 0.05) is 0 Å². The first kappa shape index (κ1) is 16.2. The smallest absolute Gasteiger partial charge is 0.109 e. The molecule has 0 aliphatic heterocycles. The van der Waals surface area contributed by atoms with E-state index in [0.29, 0.717) is 6.61 Å². The maximum absolute atomic E-state index is 9.32. The second kappa shape index (κ2) is 7.04. The van der Waals surface area contributed by atoms with Gasteiger partial charge in [0.05, 0.1) is 24.4 Å². The highest BCUT2D eigenvalue weighted by Crippen LogP contribution is 2.28. The van der Waals surface area contributed by atoms with Crippen molar-refractivity contribution >= 4 is 0 Å². The minimum absolute atomic E-state index is 0.115. The van der Waals surface area contributed by atoms with Gasteiger partial charge in [-0.2, -0.15) is 0 Å². The molecule has 19 heavy (non-hydrogen) atoms. The third-order valence-corrected chi connectivity index (χ3v) is 2.64. The van der Waals surface area contributed by atoms with Crippen molar-refractivity contribution in [1.82, 2.24) is 0 Å². The predicted octanol–water partition coefficient (Wildman–Crippen LogP) is 3.33. The van der Waals surface area contributed by atoms with Crippen molar-refractivity contribution in [2.24, 2.45) is 0 Å². The fourth-order valence-electron chi connectivity index (χ4n) is 1.84. The Balaban J connectivity index is 2.80. The highest BCUT2D eigenvalue weighted by molar-refractivity contribution is 5.18. The molecule has 1 rings (SSSR count). The van der Waals surface area contributed by atoms with Crippen LogP contribution in [-0.4, -0.2) is 29.5 Å². The molecule has 0 radical (unpaired) electrons. The zero-order valence-corrected chi connectivity index (χ0v) is 12.6. The van der Waals surface area contributed by atoms with Gasteiger partial charge in [0.2, 0.25) is 0 Å². The number of aliphatic hydroxyl groups is 1. The lowest BCUT2D eigenvalue weighted by Gasteiger charge is -2.32. The van der Waals surface area contributed by atoms with Crippen molar-refractivity contribution in [3.8, 4) is 0 Å². The Labute approximate surface area is 116 Å². The summed E-state index contributed by atoms with van der Waals surface area (Å²) in [6.45, 7) is 10.1. The van der Waals surface area contributed by atoms with Crippen molar-refractivity contribution < 1.29 is 14.6 Å². The predicted molar refractivity (Wildman–Crippen MR) is 77.1 cm³/mol. The Kier molecular flexibility index (Phi) is 5.98. The van der Waals surface area contributed by atoms with Crippen molar-refractivity contribution in [3.63, 3.8) is 0 Å². The van der Waals surface area contributed by atoms with Gasteiger partial charge in [0.25, 0.3) is 0 Å². The maximum atomic E-state index is 9.32. The molecule has 1 N–H and O–H groups in total. The van der Waals surface area contributed by atoms with Gasteiger partial charge in [-0.25, -0.2) is 0 Å². The van der Waals surface area contributed by atoms with Crippen LogP contribution >= 0.6 is 0 Å². The lowest BCUT2D eigenvalue weighted by Crippen LogP contribution is -2.31. The summed E-state index contributed by atoms with van der Waals surface area (Å²) < 4.78 is 11.8. The summed E-state index contributed by atoms with van der Waals surface area (Å²) >= 11 is 0. The van der Waals surface area contributed by atoms with Crippen LogP contribution in [0.2, 0.25) is 0 Å². The van der Waals surface area contributed by atoms with Crippen molar-refractivity contribution in [2.45, 2.75) is 58.5 Å². The number of aliphatic hydroxyl groups excluding tert-OH is 1. The van der Waals surface area contributed by atoms with Crippen molar-refractivity contribution in [2.75, 3.05) is 6.61 Å². The number of ether oxygens (including phenoxy) is 2. The Bertz CT molecular complexity index is 354. The topological polar surface area (TPSA) is 38.7 Å². The molecule has 3 unspecified atom stereocenters. The van der Waals surface area contributed by atoms with Gasteiger partial charge in [-0.3, -0.25) is 0 Å². The zero-order chi connectivity index (χ0) is 14.5. The average Bonchev–Trinajstić information content (AvgIpc) is 2.33. The number of hydrogen-bond acceptors (Lipinski definition) is 3. The molecule has 0 aliphatic rings. The van der Waals surface area contributed by atoms with Crippen LogP contribution in [0.3, 0.4) is 0 Å². The Morgan fingerprint density at radius 3 is 2.16 bits per heavy atom. The third-order valence-electron chi connectivity index (χ3n) is 2.64. The summed E-state index contributed by atoms with van der Waals surface area (Å²) in [4.78, 5) is 0. The highest BCUT2D eigenvalue weighted by atomic mass is 16.6. The minimum atomic E-state index is -0.464. The Morgan fingerprint density at radius 1 is 1.11 bits per heavy atom. The highest BCUT2D eigenvalue weighted by Gasteiger charge is 2.26. The monoisotopic (exact) mass is 266 g/mol. The maximum Gasteiger partial charge on any atom is 0.109 e. The molecular formula is C16H26O3. The number of rotatable bonds is 6. The molecule has 0 bridgehead atoms. The summed E-state index contributed by atoms with van der Waals surface area (Å²) in [5, 5.41) is 9.32. The molecule has 0 heterocycles. The van der Waals surface area contributed by atoms with Crippen molar-refractivity contribution in [3.05, 3.63) is 35.9 Å². The van der Waals surface area contributed by atoms with E-state index in [1.54, 1.807) is 6.92 Å².